The Morgan fingerprint density at radius 1 is 1.16 bits per heavy atom. The van der Waals surface area contributed by atoms with Gasteiger partial charge in [0.25, 0.3) is 5.91 Å². The number of carbonyl (C=O) groups is 2. The minimum Gasteiger partial charge on any atom is -0.383 e. The second-order valence-corrected chi connectivity index (χ2v) is 9.01. The molecule has 192 valence electrons. The molecule has 4 heterocycles. The van der Waals surface area contributed by atoms with E-state index in [0.29, 0.717) is 34.5 Å². The highest BCUT2D eigenvalue weighted by Gasteiger charge is 2.36. The molecule has 10 nitrogen and oxygen atoms in total. The van der Waals surface area contributed by atoms with Gasteiger partial charge in [0.1, 0.15) is 5.82 Å². The van der Waals surface area contributed by atoms with Crippen molar-refractivity contribution in [2.75, 3.05) is 25.9 Å². The van der Waals surface area contributed by atoms with Gasteiger partial charge in [-0.2, -0.15) is 18.3 Å². The predicted octanol–water partition coefficient (Wildman–Crippen LogP) is 3.70. The Balaban J connectivity index is 1.59. The van der Waals surface area contributed by atoms with Gasteiger partial charge in [-0.05, 0) is 24.3 Å². The lowest BCUT2D eigenvalue weighted by atomic mass is 10.1. The van der Waals surface area contributed by atoms with Crippen LogP contribution in [0.2, 0.25) is 5.02 Å². The standard InChI is InChI=1S/C23H20ClF3N8O2/c1-32-5-6-34(22(32)37)35(11-13-4-3-12(9-29-13)23(25,26)27)21(36)14-7-15-18(8-17(14)24)31-20(28)16-10-30-33(2)19(15)16/h3-4,7-10H,5-6,11H2,1-2H3,(H2,28,31). The first-order valence-corrected chi connectivity index (χ1v) is 11.4. The number of halogens is 4. The first-order valence-electron chi connectivity index (χ1n) is 11.0. The van der Waals surface area contributed by atoms with E-state index in [0.717, 1.165) is 11.1 Å². The van der Waals surface area contributed by atoms with Crippen LogP contribution in [-0.2, 0) is 19.8 Å². The van der Waals surface area contributed by atoms with E-state index < -0.39 is 23.7 Å². The molecule has 2 N–H and O–H groups in total. The second kappa shape index (κ2) is 8.76. The molecule has 0 atom stereocenters. The van der Waals surface area contributed by atoms with Crippen molar-refractivity contribution in [3.05, 3.63) is 58.5 Å². The number of anilines is 1. The minimum absolute atomic E-state index is 0.0660. The van der Waals surface area contributed by atoms with Crippen LogP contribution < -0.4 is 5.73 Å². The van der Waals surface area contributed by atoms with Crippen LogP contribution in [0.1, 0.15) is 21.6 Å². The highest BCUT2D eigenvalue weighted by atomic mass is 35.5. The summed E-state index contributed by atoms with van der Waals surface area (Å²) >= 11 is 6.50. The van der Waals surface area contributed by atoms with Crippen LogP contribution in [0.4, 0.5) is 23.8 Å². The zero-order valence-electron chi connectivity index (χ0n) is 19.6. The SMILES string of the molecule is CN1CCN(N(Cc2ccc(C(F)(F)F)cn2)C(=O)c2cc3c(cc2Cl)nc(N)c2cnn(C)c23)C1=O. The summed E-state index contributed by atoms with van der Waals surface area (Å²) in [7, 11) is 3.30. The van der Waals surface area contributed by atoms with Crippen LogP contribution >= 0.6 is 11.6 Å². The largest absolute Gasteiger partial charge is 0.417 e. The average Bonchev–Trinajstić information content (AvgIpc) is 3.39. The summed E-state index contributed by atoms with van der Waals surface area (Å²) in [6, 6.07) is 4.65. The number of fused-ring (bicyclic) bond motifs is 3. The Morgan fingerprint density at radius 2 is 1.92 bits per heavy atom. The van der Waals surface area contributed by atoms with E-state index in [1.807, 2.05) is 0 Å². The molecule has 1 fully saturated rings. The van der Waals surface area contributed by atoms with Gasteiger partial charge in [0.15, 0.2) is 0 Å². The fraction of sp³-hybridized carbons (Fsp3) is 0.261. The number of rotatable bonds is 4. The summed E-state index contributed by atoms with van der Waals surface area (Å²) < 4.78 is 40.6. The number of nitrogens with zero attached hydrogens (tertiary/aromatic N) is 7. The van der Waals surface area contributed by atoms with Gasteiger partial charge < -0.3 is 10.6 Å². The molecule has 0 aliphatic carbocycles. The maximum Gasteiger partial charge on any atom is 0.417 e. The summed E-state index contributed by atoms with van der Waals surface area (Å²) in [5.74, 6) is -0.379. The van der Waals surface area contributed by atoms with Gasteiger partial charge in [-0.15, -0.1) is 0 Å². The third kappa shape index (κ3) is 4.24. The van der Waals surface area contributed by atoms with Crippen LogP contribution in [0.5, 0.6) is 0 Å². The van der Waals surface area contributed by atoms with Crippen LogP contribution in [-0.4, -0.2) is 66.7 Å². The molecule has 14 heteroatoms. The molecule has 1 aliphatic rings. The molecule has 4 aromatic rings. The number of amides is 3. The molecule has 1 saturated heterocycles. The summed E-state index contributed by atoms with van der Waals surface area (Å²) in [5, 5.41) is 7.81. The summed E-state index contributed by atoms with van der Waals surface area (Å²) in [6.07, 6.45) is -2.30. The van der Waals surface area contributed by atoms with Crippen LogP contribution in [0, 0.1) is 0 Å². The van der Waals surface area contributed by atoms with Crippen LogP contribution in [0.3, 0.4) is 0 Å². The molecule has 1 aliphatic heterocycles. The molecule has 3 aromatic heterocycles. The molecule has 5 rings (SSSR count). The number of likely N-dealkylation sites (N-methyl/N-ethyl adjacent to an activating group) is 1. The number of nitrogen functional groups attached to an aromatic ring is 1. The number of alkyl halides is 3. The number of urea groups is 1. The van der Waals surface area contributed by atoms with E-state index in [1.165, 1.54) is 22.0 Å². The molecule has 0 saturated carbocycles. The quantitative estimate of drug-likeness (QED) is 0.429. The summed E-state index contributed by atoms with van der Waals surface area (Å²) in [6.45, 7) is 0.288. The van der Waals surface area contributed by atoms with Crippen molar-refractivity contribution < 1.29 is 22.8 Å². The number of aryl methyl sites for hydroxylation is 1. The van der Waals surface area contributed by atoms with E-state index in [1.54, 1.807) is 31.0 Å². The van der Waals surface area contributed by atoms with E-state index in [-0.39, 0.29) is 35.2 Å². The van der Waals surface area contributed by atoms with Crippen LogP contribution in [0.15, 0.2) is 36.7 Å². The maximum absolute atomic E-state index is 13.9. The van der Waals surface area contributed by atoms with E-state index in [2.05, 4.69) is 15.1 Å². The Kier molecular flexibility index (Phi) is 5.82. The van der Waals surface area contributed by atoms with Crippen molar-refractivity contribution in [1.29, 1.82) is 0 Å². The zero-order chi connectivity index (χ0) is 26.6. The Bertz CT molecular complexity index is 1550. The lowest BCUT2D eigenvalue weighted by molar-refractivity contribution is -0.137. The molecule has 0 radical (unpaired) electrons. The Morgan fingerprint density at radius 3 is 2.54 bits per heavy atom. The number of benzene rings is 1. The number of hydrazine groups is 1. The molecular weight excluding hydrogens is 513 g/mol. The highest BCUT2D eigenvalue weighted by Crippen LogP contribution is 2.33. The predicted molar refractivity (Wildman–Crippen MR) is 129 cm³/mol. The second-order valence-electron chi connectivity index (χ2n) is 8.60. The van der Waals surface area contributed by atoms with Crippen molar-refractivity contribution in [2.45, 2.75) is 12.7 Å². The summed E-state index contributed by atoms with van der Waals surface area (Å²) in [4.78, 5) is 36.3. The van der Waals surface area contributed by atoms with Gasteiger partial charge in [-0.1, -0.05) is 11.6 Å². The van der Waals surface area contributed by atoms with E-state index in [4.69, 9.17) is 17.3 Å². The Hall–Kier alpha value is -4.13. The molecule has 0 bridgehead atoms. The van der Waals surface area contributed by atoms with E-state index in [9.17, 15) is 22.8 Å². The highest BCUT2D eigenvalue weighted by molar-refractivity contribution is 6.35. The van der Waals surface area contributed by atoms with E-state index >= 15 is 0 Å². The number of nitrogens with two attached hydrogens (primary N) is 1. The molecule has 1 aromatic carbocycles. The number of pyridine rings is 2. The van der Waals surface area contributed by atoms with Crippen LogP contribution in [0.25, 0.3) is 21.8 Å². The zero-order valence-corrected chi connectivity index (χ0v) is 20.4. The van der Waals surface area contributed by atoms with Gasteiger partial charge >= 0.3 is 12.2 Å². The molecule has 0 spiro atoms. The monoisotopic (exact) mass is 532 g/mol. The normalized spacial score (nSPS) is 14.3. The number of carbonyl (C=O) groups excluding carboxylic acids is 2. The van der Waals surface area contributed by atoms with Crippen molar-refractivity contribution >= 4 is 51.2 Å². The molecular formula is C23H20ClF3N8O2. The van der Waals surface area contributed by atoms with Gasteiger partial charge in [0.2, 0.25) is 0 Å². The fourth-order valence-corrected chi connectivity index (χ4v) is 4.48. The van der Waals surface area contributed by atoms with Gasteiger partial charge in [0.05, 0.1) is 57.5 Å². The smallest absolute Gasteiger partial charge is 0.383 e. The lowest BCUT2D eigenvalue weighted by Gasteiger charge is -2.31. The third-order valence-corrected chi connectivity index (χ3v) is 6.52. The Labute approximate surface area is 213 Å². The summed E-state index contributed by atoms with van der Waals surface area (Å²) in [5.41, 5.74) is 6.45. The number of aromatic nitrogens is 4. The van der Waals surface area contributed by atoms with Crippen molar-refractivity contribution in [1.82, 2.24) is 34.7 Å². The fourth-order valence-electron chi connectivity index (χ4n) is 4.25. The lowest BCUT2D eigenvalue weighted by Crippen LogP contribution is -2.48. The maximum atomic E-state index is 13.9. The number of hydrogen-bond acceptors (Lipinski definition) is 6. The van der Waals surface area contributed by atoms with Crippen molar-refractivity contribution in [2.24, 2.45) is 7.05 Å². The van der Waals surface area contributed by atoms with Gasteiger partial charge in [-0.25, -0.2) is 19.8 Å². The first kappa shape index (κ1) is 24.6. The minimum atomic E-state index is -4.55. The molecule has 0 unspecified atom stereocenters. The van der Waals surface area contributed by atoms with Crippen molar-refractivity contribution in [3.63, 3.8) is 0 Å². The average molecular weight is 533 g/mol. The number of hydrogen-bond donors (Lipinski definition) is 1. The first-order chi connectivity index (χ1) is 17.5. The third-order valence-electron chi connectivity index (χ3n) is 6.21. The topological polar surface area (TPSA) is 113 Å². The van der Waals surface area contributed by atoms with Crippen molar-refractivity contribution in [3.8, 4) is 0 Å². The van der Waals surface area contributed by atoms with Gasteiger partial charge in [-0.3, -0.25) is 14.5 Å². The van der Waals surface area contributed by atoms with Gasteiger partial charge in [0, 0.05) is 32.2 Å². The molecule has 37 heavy (non-hydrogen) atoms. The molecule has 3 amide bonds.